The lowest BCUT2D eigenvalue weighted by molar-refractivity contribution is -0.123. The molecular formula is C20H21N3O5S. The first-order chi connectivity index (χ1) is 14.0. The topological polar surface area (TPSA) is 97.9 Å². The summed E-state index contributed by atoms with van der Waals surface area (Å²) in [7, 11) is 3.14. The van der Waals surface area contributed by atoms with Crippen LogP contribution < -0.4 is 30.4 Å². The standard InChI is InChI=1S/C20H21N3O5S/c1-26-15-6-3-14(4-7-15)5-12-18(24)21-20(29)23-22-19(25)13-28-17-10-8-16(27-2)9-11-17/h3-12H,13H2,1-2H3,(H,22,25)(H2,21,23,24,29)/b12-5+. The van der Waals surface area contributed by atoms with Crippen molar-refractivity contribution in [1.82, 2.24) is 16.2 Å². The Labute approximate surface area is 173 Å². The van der Waals surface area contributed by atoms with Crippen molar-refractivity contribution in [3.05, 3.63) is 60.2 Å². The van der Waals surface area contributed by atoms with Gasteiger partial charge in [-0.25, -0.2) is 0 Å². The molecule has 29 heavy (non-hydrogen) atoms. The highest BCUT2D eigenvalue weighted by Crippen LogP contribution is 2.16. The molecule has 0 fully saturated rings. The van der Waals surface area contributed by atoms with Crippen LogP contribution in [-0.4, -0.2) is 37.8 Å². The zero-order chi connectivity index (χ0) is 21.1. The van der Waals surface area contributed by atoms with Crippen LogP contribution in [0.3, 0.4) is 0 Å². The number of benzene rings is 2. The molecule has 3 N–H and O–H groups in total. The predicted molar refractivity (Wildman–Crippen MR) is 113 cm³/mol. The summed E-state index contributed by atoms with van der Waals surface area (Å²) in [6.45, 7) is -0.229. The summed E-state index contributed by atoms with van der Waals surface area (Å²) in [5.74, 6) is 1.02. The van der Waals surface area contributed by atoms with Gasteiger partial charge < -0.3 is 14.2 Å². The third-order valence-electron chi connectivity index (χ3n) is 3.52. The highest BCUT2D eigenvalue weighted by molar-refractivity contribution is 7.80. The summed E-state index contributed by atoms with van der Waals surface area (Å²) in [5, 5.41) is 2.37. The Bertz CT molecular complexity index is 867. The van der Waals surface area contributed by atoms with Crippen LogP contribution in [0, 0.1) is 0 Å². The van der Waals surface area contributed by atoms with Gasteiger partial charge in [0.1, 0.15) is 17.2 Å². The lowest BCUT2D eigenvalue weighted by Gasteiger charge is -2.10. The third-order valence-corrected chi connectivity index (χ3v) is 3.73. The van der Waals surface area contributed by atoms with E-state index >= 15 is 0 Å². The first-order valence-corrected chi connectivity index (χ1v) is 8.90. The minimum Gasteiger partial charge on any atom is -0.497 e. The molecule has 0 radical (unpaired) electrons. The van der Waals surface area contributed by atoms with E-state index in [1.807, 2.05) is 12.1 Å². The normalized spacial score (nSPS) is 10.1. The van der Waals surface area contributed by atoms with Crippen LogP contribution in [-0.2, 0) is 9.59 Å². The van der Waals surface area contributed by atoms with Crippen molar-refractivity contribution in [3.63, 3.8) is 0 Å². The first kappa shape index (κ1) is 21.7. The van der Waals surface area contributed by atoms with Gasteiger partial charge in [-0.05, 0) is 60.3 Å². The second-order valence-corrected chi connectivity index (χ2v) is 5.97. The predicted octanol–water partition coefficient (Wildman–Crippen LogP) is 1.82. The number of hydrogen-bond acceptors (Lipinski definition) is 6. The molecule has 0 atom stereocenters. The van der Waals surface area contributed by atoms with Gasteiger partial charge in [0, 0.05) is 6.08 Å². The van der Waals surface area contributed by atoms with Crippen molar-refractivity contribution in [2.45, 2.75) is 0 Å². The van der Waals surface area contributed by atoms with Gasteiger partial charge in [-0.1, -0.05) is 12.1 Å². The quantitative estimate of drug-likeness (QED) is 0.360. The zero-order valence-electron chi connectivity index (χ0n) is 15.9. The number of rotatable bonds is 7. The summed E-state index contributed by atoms with van der Waals surface area (Å²) in [4.78, 5) is 23.6. The van der Waals surface area contributed by atoms with Gasteiger partial charge in [0.05, 0.1) is 14.2 Å². The number of ether oxygens (including phenoxy) is 3. The summed E-state index contributed by atoms with van der Waals surface area (Å²) in [6, 6.07) is 14.0. The molecule has 0 saturated heterocycles. The maximum absolute atomic E-state index is 11.9. The largest absolute Gasteiger partial charge is 0.497 e. The van der Waals surface area contributed by atoms with E-state index in [-0.39, 0.29) is 11.7 Å². The minimum atomic E-state index is -0.466. The zero-order valence-corrected chi connectivity index (χ0v) is 16.7. The SMILES string of the molecule is COc1ccc(/C=C/C(=O)NC(=S)NNC(=O)COc2ccc(OC)cc2)cc1. The van der Waals surface area contributed by atoms with Gasteiger partial charge in [-0.2, -0.15) is 0 Å². The van der Waals surface area contributed by atoms with Crippen molar-refractivity contribution in [2.75, 3.05) is 20.8 Å². The van der Waals surface area contributed by atoms with Crippen LogP contribution in [0.1, 0.15) is 5.56 Å². The lowest BCUT2D eigenvalue weighted by atomic mass is 10.2. The molecule has 0 bridgehead atoms. The van der Waals surface area contributed by atoms with Crippen LogP contribution in [0.4, 0.5) is 0 Å². The van der Waals surface area contributed by atoms with E-state index in [1.165, 1.54) is 6.08 Å². The van der Waals surface area contributed by atoms with E-state index in [0.717, 1.165) is 11.3 Å². The van der Waals surface area contributed by atoms with Gasteiger partial charge in [-0.15, -0.1) is 0 Å². The van der Waals surface area contributed by atoms with Crippen molar-refractivity contribution in [2.24, 2.45) is 0 Å². The van der Waals surface area contributed by atoms with Gasteiger partial charge >= 0.3 is 0 Å². The maximum Gasteiger partial charge on any atom is 0.276 e. The average molecular weight is 415 g/mol. The Morgan fingerprint density at radius 1 is 0.897 bits per heavy atom. The fourth-order valence-electron chi connectivity index (χ4n) is 2.06. The van der Waals surface area contributed by atoms with Crippen molar-refractivity contribution >= 4 is 35.2 Å². The van der Waals surface area contributed by atoms with Gasteiger partial charge in [0.25, 0.3) is 5.91 Å². The van der Waals surface area contributed by atoms with Gasteiger partial charge in [0.2, 0.25) is 5.91 Å². The van der Waals surface area contributed by atoms with E-state index in [0.29, 0.717) is 11.5 Å². The Morgan fingerprint density at radius 3 is 2.03 bits per heavy atom. The number of carbonyl (C=O) groups excluding carboxylic acids is 2. The molecule has 0 aliphatic heterocycles. The fraction of sp³-hybridized carbons (Fsp3) is 0.150. The highest BCUT2D eigenvalue weighted by Gasteiger charge is 2.05. The molecule has 2 aromatic rings. The third kappa shape index (κ3) is 7.89. The number of methoxy groups -OCH3 is 2. The molecule has 9 heteroatoms. The minimum absolute atomic E-state index is 0.0489. The van der Waals surface area contributed by atoms with E-state index in [4.69, 9.17) is 26.4 Å². The first-order valence-electron chi connectivity index (χ1n) is 8.49. The molecule has 8 nitrogen and oxygen atoms in total. The Morgan fingerprint density at radius 2 is 1.45 bits per heavy atom. The molecule has 152 valence electrons. The Hall–Kier alpha value is -3.59. The summed E-state index contributed by atoms with van der Waals surface area (Å²) in [5.41, 5.74) is 5.59. The summed E-state index contributed by atoms with van der Waals surface area (Å²) >= 11 is 4.95. The number of amides is 2. The van der Waals surface area contributed by atoms with Crippen LogP contribution in [0.15, 0.2) is 54.6 Å². The summed E-state index contributed by atoms with van der Waals surface area (Å²) in [6.07, 6.45) is 2.95. The molecule has 0 unspecified atom stereocenters. The molecule has 0 aliphatic carbocycles. The molecule has 0 heterocycles. The second kappa shape index (κ2) is 11.3. The molecule has 0 spiro atoms. The summed E-state index contributed by atoms with van der Waals surface area (Å²) < 4.78 is 15.4. The smallest absolute Gasteiger partial charge is 0.276 e. The lowest BCUT2D eigenvalue weighted by Crippen LogP contribution is -2.49. The average Bonchev–Trinajstić information content (AvgIpc) is 2.75. The number of nitrogens with one attached hydrogen (secondary N) is 3. The van der Waals surface area contributed by atoms with Crippen LogP contribution >= 0.6 is 12.2 Å². The molecular weight excluding hydrogens is 394 g/mol. The molecule has 0 aromatic heterocycles. The maximum atomic E-state index is 11.9. The van der Waals surface area contributed by atoms with Crippen LogP contribution in [0.2, 0.25) is 0 Å². The van der Waals surface area contributed by atoms with Crippen LogP contribution in [0.25, 0.3) is 6.08 Å². The van der Waals surface area contributed by atoms with Crippen molar-refractivity contribution in [3.8, 4) is 17.2 Å². The van der Waals surface area contributed by atoms with Crippen LogP contribution in [0.5, 0.6) is 17.2 Å². The van der Waals surface area contributed by atoms with Crippen molar-refractivity contribution < 1.29 is 23.8 Å². The monoisotopic (exact) mass is 415 g/mol. The molecule has 2 rings (SSSR count). The Balaban J connectivity index is 1.68. The number of hydrazine groups is 1. The molecule has 2 amide bonds. The molecule has 2 aromatic carbocycles. The highest BCUT2D eigenvalue weighted by atomic mass is 32.1. The van der Waals surface area contributed by atoms with Crippen molar-refractivity contribution in [1.29, 1.82) is 0 Å². The number of hydrogen-bond donors (Lipinski definition) is 3. The van der Waals surface area contributed by atoms with E-state index in [1.54, 1.807) is 56.7 Å². The molecule has 0 aliphatic rings. The van der Waals surface area contributed by atoms with Gasteiger partial charge in [0.15, 0.2) is 11.7 Å². The van der Waals surface area contributed by atoms with E-state index < -0.39 is 11.8 Å². The number of carbonyl (C=O) groups is 2. The van der Waals surface area contributed by atoms with E-state index in [2.05, 4.69) is 16.2 Å². The Kier molecular flexibility index (Phi) is 8.46. The fourth-order valence-corrected chi connectivity index (χ4v) is 2.21. The number of thiocarbonyl (C=S) groups is 1. The van der Waals surface area contributed by atoms with E-state index in [9.17, 15) is 9.59 Å². The molecule has 0 saturated carbocycles. The second-order valence-electron chi connectivity index (χ2n) is 5.56. The van der Waals surface area contributed by atoms with Gasteiger partial charge in [-0.3, -0.25) is 25.8 Å².